The molecule has 0 N–H and O–H groups in total. The Bertz CT molecular complexity index is 627. The fraction of sp³-hybridized carbons (Fsp3) is 0.733. The normalized spacial score (nSPS) is 19.8. The van der Waals surface area contributed by atoms with Crippen LogP contribution in [0.25, 0.3) is 0 Å². The van der Waals surface area contributed by atoms with E-state index in [2.05, 4.69) is 32.2 Å². The molecule has 0 unspecified atom stereocenters. The van der Waals surface area contributed by atoms with Gasteiger partial charge in [-0.15, -0.1) is 10.2 Å². The van der Waals surface area contributed by atoms with Gasteiger partial charge in [-0.05, 0) is 32.1 Å². The first-order valence-corrected chi connectivity index (χ1v) is 9.06. The molecule has 2 aromatic rings. The minimum atomic E-state index is 0.426. The van der Waals surface area contributed by atoms with E-state index >= 15 is 0 Å². The topological polar surface area (TPSA) is 67.9 Å². The van der Waals surface area contributed by atoms with Gasteiger partial charge in [-0.1, -0.05) is 23.4 Å². The third-order valence-corrected chi connectivity index (χ3v) is 5.48. The maximum atomic E-state index is 5.39. The molecular formula is C15H21N5OS. The second kappa shape index (κ2) is 5.95. The van der Waals surface area contributed by atoms with Gasteiger partial charge in [-0.2, -0.15) is 4.98 Å². The van der Waals surface area contributed by atoms with Crippen molar-refractivity contribution >= 4 is 16.5 Å². The Morgan fingerprint density at radius 3 is 2.68 bits per heavy atom. The van der Waals surface area contributed by atoms with E-state index in [1.165, 1.54) is 12.8 Å². The summed E-state index contributed by atoms with van der Waals surface area (Å²) in [6.07, 6.45) is 6.69. The number of aromatic nitrogens is 4. The van der Waals surface area contributed by atoms with Crippen molar-refractivity contribution in [1.82, 2.24) is 20.3 Å². The zero-order valence-corrected chi connectivity index (χ0v) is 13.7. The molecule has 0 radical (unpaired) electrons. The van der Waals surface area contributed by atoms with Crippen molar-refractivity contribution in [3.8, 4) is 0 Å². The van der Waals surface area contributed by atoms with E-state index in [-0.39, 0.29) is 0 Å². The number of piperidine rings is 1. The molecule has 118 valence electrons. The Morgan fingerprint density at radius 2 is 1.95 bits per heavy atom. The molecule has 0 spiro atoms. The lowest BCUT2D eigenvalue weighted by atomic mass is 9.96. The number of aryl methyl sites for hydroxylation is 1. The molecular weight excluding hydrogens is 298 g/mol. The lowest BCUT2D eigenvalue weighted by Crippen LogP contribution is -2.33. The van der Waals surface area contributed by atoms with Gasteiger partial charge in [0.1, 0.15) is 5.01 Å². The predicted molar refractivity (Wildman–Crippen MR) is 84.4 cm³/mol. The number of hydrogen-bond acceptors (Lipinski definition) is 7. The molecule has 1 saturated carbocycles. The van der Waals surface area contributed by atoms with Crippen LogP contribution in [0.15, 0.2) is 4.52 Å². The quantitative estimate of drug-likeness (QED) is 0.843. The van der Waals surface area contributed by atoms with E-state index in [0.717, 1.165) is 60.6 Å². The van der Waals surface area contributed by atoms with Crippen LogP contribution in [0.2, 0.25) is 0 Å². The van der Waals surface area contributed by atoms with Crippen molar-refractivity contribution in [1.29, 1.82) is 0 Å². The monoisotopic (exact) mass is 319 g/mol. The summed E-state index contributed by atoms with van der Waals surface area (Å²) in [5.41, 5.74) is 0. The number of rotatable bonds is 5. The average Bonchev–Trinajstić information content (AvgIpc) is 3.10. The minimum absolute atomic E-state index is 0.426. The highest BCUT2D eigenvalue weighted by molar-refractivity contribution is 7.15. The van der Waals surface area contributed by atoms with Gasteiger partial charge in [-0.25, -0.2) is 0 Å². The molecule has 1 aliphatic carbocycles. The van der Waals surface area contributed by atoms with Crippen LogP contribution in [0, 0.1) is 0 Å². The van der Waals surface area contributed by atoms with Gasteiger partial charge in [-0.3, -0.25) is 0 Å². The lowest BCUT2D eigenvalue weighted by Gasteiger charge is -2.29. The first kappa shape index (κ1) is 14.1. The summed E-state index contributed by atoms with van der Waals surface area (Å²) in [7, 11) is 0. The zero-order chi connectivity index (χ0) is 14.9. The Hall–Kier alpha value is -1.50. The van der Waals surface area contributed by atoms with Crippen LogP contribution in [0.5, 0.6) is 0 Å². The summed E-state index contributed by atoms with van der Waals surface area (Å²) in [5, 5.41) is 15.0. The van der Waals surface area contributed by atoms with Gasteiger partial charge >= 0.3 is 0 Å². The van der Waals surface area contributed by atoms with E-state index in [0.29, 0.717) is 11.8 Å². The Kier molecular flexibility index (Phi) is 3.82. The van der Waals surface area contributed by atoms with Crippen LogP contribution < -0.4 is 4.90 Å². The molecule has 2 fully saturated rings. The Balaban J connectivity index is 1.36. The van der Waals surface area contributed by atoms with Crippen LogP contribution in [0.3, 0.4) is 0 Å². The first-order chi connectivity index (χ1) is 10.8. The maximum Gasteiger partial charge on any atom is 0.229 e. The smallest absolute Gasteiger partial charge is 0.229 e. The molecule has 0 bridgehead atoms. The van der Waals surface area contributed by atoms with Gasteiger partial charge in [0.05, 0.1) is 0 Å². The largest absolute Gasteiger partial charge is 0.347 e. The van der Waals surface area contributed by atoms with E-state index in [4.69, 9.17) is 4.52 Å². The van der Waals surface area contributed by atoms with Gasteiger partial charge in [0.15, 0.2) is 5.82 Å². The zero-order valence-electron chi connectivity index (χ0n) is 12.9. The molecule has 22 heavy (non-hydrogen) atoms. The summed E-state index contributed by atoms with van der Waals surface area (Å²) >= 11 is 1.73. The first-order valence-electron chi connectivity index (χ1n) is 8.24. The van der Waals surface area contributed by atoms with Crippen molar-refractivity contribution in [2.24, 2.45) is 0 Å². The van der Waals surface area contributed by atoms with Crippen LogP contribution >= 0.6 is 11.3 Å². The van der Waals surface area contributed by atoms with Crippen molar-refractivity contribution in [3.63, 3.8) is 0 Å². The molecule has 6 nitrogen and oxygen atoms in total. The fourth-order valence-corrected chi connectivity index (χ4v) is 3.92. The summed E-state index contributed by atoms with van der Waals surface area (Å²) in [5.74, 6) is 2.73. The summed E-state index contributed by atoms with van der Waals surface area (Å²) in [6.45, 7) is 4.17. The molecule has 0 amide bonds. The molecule has 4 rings (SSSR count). The van der Waals surface area contributed by atoms with E-state index in [9.17, 15) is 0 Å². The number of anilines is 1. The van der Waals surface area contributed by atoms with Crippen LogP contribution in [0.1, 0.15) is 67.6 Å². The summed E-state index contributed by atoms with van der Waals surface area (Å²) < 4.78 is 5.39. The van der Waals surface area contributed by atoms with Crippen molar-refractivity contribution in [3.05, 3.63) is 16.7 Å². The van der Waals surface area contributed by atoms with Crippen LogP contribution in [-0.2, 0) is 6.42 Å². The summed E-state index contributed by atoms with van der Waals surface area (Å²) in [6, 6.07) is 0. The molecule has 3 heterocycles. The molecule has 1 aliphatic heterocycles. The van der Waals surface area contributed by atoms with Crippen molar-refractivity contribution < 1.29 is 4.52 Å². The minimum Gasteiger partial charge on any atom is -0.347 e. The van der Waals surface area contributed by atoms with Crippen molar-refractivity contribution in [2.75, 3.05) is 18.0 Å². The Morgan fingerprint density at radius 1 is 1.14 bits per heavy atom. The second-order valence-corrected chi connectivity index (χ2v) is 7.30. The molecule has 1 saturated heterocycles. The van der Waals surface area contributed by atoms with Crippen molar-refractivity contribution in [2.45, 2.75) is 57.3 Å². The highest BCUT2D eigenvalue weighted by Gasteiger charge is 2.32. The molecule has 7 heteroatoms. The average molecular weight is 319 g/mol. The predicted octanol–water partition coefficient (Wildman–Crippen LogP) is 3.14. The van der Waals surface area contributed by atoms with E-state index in [1.54, 1.807) is 11.3 Å². The standard InChI is InChI=1S/C15H21N5OS/c1-2-3-12-17-18-15(22-12)20-8-6-10(7-9-20)13-16-14(21-19-13)11-4-5-11/h10-11H,2-9H2,1H3. The van der Waals surface area contributed by atoms with Gasteiger partial charge in [0.25, 0.3) is 0 Å². The third-order valence-electron chi connectivity index (χ3n) is 4.43. The molecule has 0 aromatic carbocycles. The SMILES string of the molecule is CCCc1nnc(N2CCC(c3noc(C4CC4)n3)CC2)s1. The van der Waals surface area contributed by atoms with E-state index < -0.39 is 0 Å². The molecule has 0 atom stereocenters. The fourth-order valence-electron chi connectivity index (χ4n) is 2.93. The van der Waals surface area contributed by atoms with Crippen LogP contribution in [0.4, 0.5) is 5.13 Å². The van der Waals surface area contributed by atoms with Crippen LogP contribution in [-0.4, -0.2) is 33.4 Å². The molecule has 2 aliphatic rings. The second-order valence-electron chi connectivity index (χ2n) is 6.25. The van der Waals surface area contributed by atoms with Gasteiger partial charge in [0, 0.05) is 31.3 Å². The maximum absolute atomic E-state index is 5.39. The highest BCUT2D eigenvalue weighted by Crippen LogP contribution is 2.40. The highest BCUT2D eigenvalue weighted by atomic mass is 32.1. The van der Waals surface area contributed by atoms with Gasteiger partial charge in [0.2, 0.25) is 11.0 Å². The van der Waals surface area contributed by atoms with E-state index in [1.807, 2.05) is 0 Å². The third kappa shape index (κ3) is 2.86. The molecule has 2 aromatic heterocycles. The number of nitrogens with zero attached hydrogens (tertiary/aromatic N) is 5. The van der Waals surface area contributed by atoms with Gasteiger partial charge < -0.3 is 9.42 Å². The number of hydrogen-bond donors (Lipinski definition) is 0. The lowest BCUT2D eigenvalue weighted by molar-refractivity contribution is 0.365. The summed E-state index contributed by atoms with van der Waals surface area (Å²) in [4.78, 5) is 6.94. The Labute approximate surface area is 133 Å².